The third-order valence-electron chi connectivity index (χ3n) is 4.24. The van der Waals surface area contributed by atoms with Gasteiger partial charge in [0.2, 0.25) is 0 Å². The van der Waals surface area contributed by atoms with Crippen molar-refractivity contribution in [1.29, 1.82) is 0 Å². The van der Waals surface area contributed by atoms with Gasteiger partial charge in [-0.2, -0.15) is 8.78 Å². The van der Waals surface area contributed by atoms with Crippen molar-refractivity contribution in [2.24, 2.45) is 0 Å². The van der Waals surface area contributed by atoms with E-state index < -0.39 is 11.9 Å². The van der Waals surface area contributed by atoms with E-state index in [-0.39, 0.29) is 23.7 Å². The van der Waals surface area contributed by atoms with Crippen LogP contribution in [0.4, 0.5) is 13.2 Å². The molecule has 0 N–H and O–H groups in total. The highest BCUT2D eigenvalue weighted by molar-refractivity contribution is 5.85. The van der Waals surface area contributed by atoms with E-state index in [9.17, 15) is 13.2 Å². The predicted octanol–water partition coefficient (Wildman–Crippen LogP) is 6.63. The quantitative estimate of drug-likeness (QED) is 0.368. The maximum atomic E-state index is 14.6. The molecule has 0 saturated heterocycles. The molecule has 0 amide bonds. The molecule has 3 aromatic carbocycles. The van der Waals surface area contributed by atoms with Gasteiger partial charge >= 0.3 is 6.11 Å². The van der Waals surface area contributed by atoms with Crippen molar-refractivity contribution in [3.63, 3.8) is 0 Å². The van der Waals surface area contributed by atoms with Crippen molar-refractivity contribution in [3.05, 3.63) is 90.8 Å². The minimum atomic E-state index is -3.57. The molecule has 156 valence electrons. The Morgan fingerprint density at radius 2 is 1.63 bits per heavy atom. The van der Waals surface area contributed by atoms with Gasteiger partial charge in [0.15, 0.2) is 11.6 Å². The van der Waals surface area contributed by atoms with Crippen LogP contribution >= 0.6 is 0 Å². The fourth-order valence-corrected chi connectivity index (χ4v) is 2.74. The van der Waals surface area contributed by atoms with Gasteiger partial charge in [0.05, 0.1) is 5.56 Å². The van der Waals surface area contributed by atoms with Crippen molar-refractivity contribution in [3.8, 4) is 17.2 Å². The number of ether oxygens (including phenoxy) is 3. The van der Waals surface area contributed by atoms with E-state index in [0.717, 1.165) is 0 Å². The standard InChI is InChI=1S/C24H21F3O3/c1-3-5-13-28-20-10-7-19(8-11-20)24(26,27)30-21-9-6-17-16-23(29-12-4-2)22(25)15-18(17)14-21/h3-11,14-16H,2,12-13H2,1H3/b5-3+. The summed E-state index contributed by atoms with van der Waals surface area (Å²) in [6.07, 6.45) is 1.58. The van der Waals surface area contributed by atoms with Gasteiger partial charge in [-0.05, 0) is 66.2 Å². The number of allylic oxidation sites excluding steroid dienone is 1. The van der Waals surface area contributed by atoms with Gasteiger partial charge in [-0.1, -0.05) is 30.9 Å². The molecule has 6 heteroatoms. The second kappa shape index (κ2) is 9.39. The third kappa shape index (κ3) is 5.14. The number of halogens is 3. The number of fused-ring (bicyclic) bond motifs is 1. The molecule has 0 heterocycles. The lowest BCUT2D eigenvalue weighted by Crippen LogP contribution is -2.21. The van der Waals surface area contributed by atoms with Crippen LogP contribution in [0, 0.1) is 5.82 Å². The first-order valence-corrected chi connectivity index (χ1v) is 9.31. The SMILES string of the molecule is C=CCOc1cc2ccc(OC(F)(F)c3ccc(OC/C=C/C)cc3)cc2cc1F. The molecule has 0 fully saturated rings. The molecule has 0 atom stereocenters. The van der Waals surface area contributed by atoms with Crippen molar-refractivity contribution in [1.82, 2.24) is 0 Å². The lowest BCUT2D eigenvalue weighted by atomic mass is 10.1. The predicted molar refractivity (Wildman–Crippen MR) is 111 cm³/mol. The molecule has 0 radical (unpaired) electrons. The number of alkyl halides is 2. The van der Waals surface area contributed by atoms with Crippen molar-refractivity contribution >= 4 is 10.8 Å². The minimum Gasteiger partial charge on any atom is -0.490 e. The van der Waals surface area contributed by atoms with Crippen LogP contribution in [-0.2, 0) is 6.11 Å². The van der Waals surface area contributed by atoms with Crippen molar-refractivity contribution in [2.45, 2.75) is 13.0 Å². The second-order valence-corrected chi connectivity index (χ2v) is 6.41. The van der Waals surface area contributed by atoms with E-state index in [4.69, 9.17) is 14.2 Å². The average Bonchev–Trinajstić information content (AvgIpc) is 2.72. The molecule has 0 aromatic heterocycles. The zero-order chi connectivity index (χ0) is 21.6. The Hall–Kier alpha value is -3.41. The van der Waals surface area contributed by atoms with E-state index in [1.807, 2.05) is 19.1 Å². The molecule has 3 aromatic rings. The summed E-state index contributed by atoms with van der Waals surface area (Å²) in [6, 6.07) is 12.5. The summed E-state index contributed by atoms with van der Waals surface area (Å²) in [5.41, 5.74) is -0.319. The monoisotopic (exact) mass is 414 g/mol. The Morgan fingerprint density at radius 3 is 2.33 bits per heavy atom. The Labute approximate surface area is 173 Å². The van der Waals surface area contributed by atoms with Crippen molar-refractivity contribution < 1.29 is 27.4 Å². The van der Waals surface area contributed by atoms with Crippen LogP contribution in [0.1, 0.15) is 12.5 Å². The Kier molecular flexibility index (Phi) is 6.67. The van der Waals surface area contributed by atoms with E-state index in [2.05, 4.69) is 6.58 Å². The molecule has 0 aliphatic carbocycles. The summed E-state index contributed by atoms with van der Waals surface area (Å²) < 4.78 is 58.9. The van der Waals surface area contributed by atoms with Crippen LogP contribution in [0.15, 0.2) is 79.4 Å². The van der Waals surface area contributed by atoms with Crippen LogP contribution in [0.5, 0.6) is 17.2 Å². The molecule has 0 unspecified atom stereocenters. The Bertz CT molecular complexity index is 1040. The third-order valence-corrected chi connectivity index (χ3v) is 4.24. The highest BCUT2D eigenvalue weighted by atomic mass is 19.3. The molecule has 3 rings (SSSR count). The normalized spacial score (nSPS) is 11.6. The van der Waals surface area contributed by atoms with Gasteiger partial charge in [-0.3, -0.25) is 0 Å². The summed E-state index contributed by atoms with van der Waals surface area (Å²) in [5.74, 6) is -0.136. The first-order chi connectivity index (χ1) is 14.4. The molecule has 0 aliphatic rings. The maximum Gasteiger partial charge on any atom is 0.426 e. The van der Waals surface area contributed by atoms with Gasteiger partial charge in [0, 0.05) is 0 Å². The highest BCUT2D eigenvalue weighted by Crippen LogP contribution is 2.35. The van der Waals surface area contributed by atoms with Crippen molar-refractivity contribution in [2.75, 3.05) is 13.2 Å². The maximum absolute atomic E-state index is 14.6. The number of rotatable bonds is 9. The molecule has 0 bridgehead atoms. The zero-order valence-electron chi connectivity index (χ0n) is 16.4. The molecular weight excluding hydrogens is 393 g/mol. The van der Waals surface area contributed by atoms with Crippen LogP contribution in [0.2, 0.25) is 0 Å². The van der Waals surface area contributed by atoms with Gasteiger partial charge in [-0.15, -0.1) is 0 Å². The zero-order valence-corrected chi connectivity index (χ0v) is 16.4. The summed E-state index contributed by atoms with van der Waals surface area (Å²) in [7, 11) is 0. The van der Waals surface area contributed by atoms with E-state index in [1.165, 1.54) is 54.6 Å². The topological polar surface area (TPSA) is 27.7 Å². The lowest BCUT2D eigenvalue weighted by Gasteiger charge is -2.19. The summed E-state index contributed by atoms with van der Waals surface area (Å²) in [4.78, 5) is 0. The number of benzene rings is 3. The Morgan fingerprint density at radius 1 is 0.900 bits per heavy atom. The van der Waals surface area contributed by atoms with E-state index >= 15 is 0 Å². The average molecular weight is 414 g/mol. The minimum absolute atomic E-state index is 0.0677. The fourth-order valence-electron chi connectivity index (χ4n) is 2.74. The van der Waals surface area contributed by atoms with Crippen LogP contribution in [0.25, 0.3) is 10.8 Å². The van der Waals surface area contributed by atoms with Crippen LogP contribution in [0.3, 0.4) is 0 Å². The molecule has 30 heavy (non-hydrogen) atoms. The number of hydrogen-bond acceptors (Lipinski definition) is 3. The first-order valence-electron chi connectivity index (χ1n) is 9.31. The first kappa shape index (κ1) is 21.3. The van der Waals surface area contributed by atoms with Gasteiger partial charge < -0.3 is 14.2 Å². The Balaban J connectivity index is 1.77. The largest absolute Gasteiger partial charge is 0.490 e. The van der Waals surface area contributed by atoms with E-state index in [0.29, 0.717) is 23.1 Å². The molecule has 0 saturated carbocycles. The van der Waals surface area contributed by atoms with E-state index in [1.54, 1.807) is 6.07 Å². The summed E-state index contributed by atoms with van der Waals surface area (Å²) in [6.45, 7) is 5.90. The molecule has 3 nitrogen and oxygen atoms in total. The van der Waals surface area contributed by atoms with Gasteiger partial charge in [-0.25, -0.2) is 4.39 Å². The molecule has 0 spiro atoms. The summed E-state index contributed by atoms with van der Waals surface area (Å²) >= 11 is 0. The lowest BCUT2D eigenvalue weighted by molar-refractivity contribution is -0.185. The van der Waals surface area contributed by atoms with Crippen LogP contribution in [-0.4, -0.2) is 13.2 Å². The summed E-state index contributed by atoms with van der Waals surface area (Å²) in [5, 5.41) is 1.05. The molecular formula is C24H21F3O3. The highest BCUT2D eigenvalue weighted by Gasteiger charge is 2.34. The van der Waals surface area contributed by atoms with Crippen LogP contribution < -0.4 is 14.2 Å². The number of hydrogen-bond donors (Lipinski definition) is 0. The van der Waals surface area contributed by atoms with Gasteiger partial charge in [0.25, 0.3) is 0 Å². The molecule has 0 aliphatic heterocycles. The fraction of sp³-hybridized carbons (Fsp3) is 0.167. The van der Waals surface area contributed by atoms with Gasteiger partial charge in [0.1, 0.15) is 24.7 Å². The smallest absolute Gasteiger partial charge is 0.426 e. The second-order valence-electron chi connectivity index (χ2n) is 6.41.